The lowest BCUT2D eigenvalue weighted by molar-refractivity contribution is 0.0533. The van der Waals surface area contributed by atoms with Crippen LogP contribution >= 0.6 is 0 Å². The van der Waals surface area contributed by atoms with Crippen LogP contribution in [0.25, 0.3) is 11.3 Å². The summed E-state index contributed by atoms with van der Waals surface area (Å²) in [5, 5.41) is 13.3. The first-order valence-corrected chi connectivity index (χ1v) is 8.91. The van der Waals surface area contributed by atoms with E-state index in [1.54, 1.807) is 6.07 Å². The third-order valence-corrected chi connectivity index (χ3v) is 5.06. The van der Waals surface area contributed by atoms with Crippen molar-refractivity contribution in [3.8, 4) is 17.0 Å². The number of nitrogens with zero attached hydrogens (tertiary/aromatic N) is 2. The molecule has 1 unspecified atom stereocenters. The number of aliphatic hydroxyl groups excluding tert-OH is 1. The molecule has 1 fully saturated rings. The minimum atomic E-state index is -0.138. The van der Waals surface area contributed by atoms with Gasteiger partial charge in [0.15, 0.2) is 0 Å². The molecule has 1 amide bonds. The van der Waals surface area contributed by atoms with E-state index in [4.69, 9.17) is 9.26 Å². The highest BCUT2D eigenvalue weighted by molar-refractivity contribution is 5.92. The van der Waals surface area contributed by atoms with E-state index in [9.17, 15) is 9.90 Å². The minimum Gasteiger partial charge on any atom is -0.493 e. The Morgan fingerprint density at radius 1 is 1.32 bits per heavy atom. The predicted octanol–water partition coefficient (Wildman–Crippen LogP) is 2.65. The Morgan fingerprint density at radius 3 is 3.12 bits per heavy atom. The lowest BCUT2D eigenvalue weighted by Crippen LogP contribution is -2.44. The van der Waals surface area contributed by atoms with Gasteiger partial charge in [0.05, 0.1) is 6.61 Å². The zero-order chi connectivity index (χ0) is 17.2. The Bertz CT molecular complexity index is 769. The van der Waals surface area contributed by atoms with Crippen LogP contribution in [-0.2, 0) is 6.42 Å². The number of fused-ring (bicyclic) bond motifs is 1. The third kappa shape index (κ3) is 3.14. The van der Waals surface area contributed by atoms with Crippen molar-refractivity contribution in [3.63, 3.8) is 0 Å². The molecule has 0 saturated carbocycles. The van der Waals surface area contributed by atoms with Gasteiger partial charge in [-0.2, -0.15) is 0 Å². The molecule has 3 heterocycles. The number of hydrogen-bond acceptors (Lipinski definition) is 5. The Hall–Kier alpha value is -2.34. The van der Waals surface area contributed by atoms with Crippen LogP contribution in [-0.4, -0.2) is 46.9 Å². The summed E-state index contributed by atoms with van der Waals surface area (Å²) in [4.78, 5) is 14.6. The van der Waals surface area contributed by atoms with Crippen LogP contribution in [0, 0.1) is 0 Å². The summed E-state index contributed by atoms with van der Waals surface area (Å²) in [7, 11) is 0. The first-order chi connectivity index (χ1) is 12.3. The second-order valence-electron chi connectivity index (χ2n) is 6.66. The third-order valence-electron chi connectivity index (χ3n) is 5.06. The number of rotatable bonds is 4. The number of aliphatic hydroxyl groups is 1. The zero-order valence-electron chi connectivity index (χ0n) is 14.1. The lowest BCUT2D eigenvalue weighted by atomic mass is 9.99. The fourth-order valence-corrected chi connectivity index (χ4v) is 3.72. The Kier molecular flexibility index (Phi) is 4.44. The molecular weight excluding hydrogens is 320 g/mol. The van der Waals surface area contributed by atoms with E-state index < -0.39 is 0 Å². The number of ether oxygens (including phenoxy) is 1. The second-order valence-corrected chi connectivity index (χ2v) is 6.66. The largest absolute Gasteiger partial charge is 0.493 e. The highest BCUT2D eigenvalue weighted by Gasteiger charge is 2.29. The standard InChI is InChI=1S/C19H22N2O4/c22-9-6-15-3-1-2-8-21(15)19(23)18-12-16(20-25-18)13-4-5-17-14(11-13)7-10-24-17/h4-5,11-12,15,22H,1-3,6-10H2. The molecule has 6 heteroatoms. The molecule has 2 aliphatic heterocycles. The van der Waals surface area contributed by atoms with Gasteiger partial charge in [-0.05, 0) is 49.4 Å². The number of piperidine rings is 1. The highest BCUT2D eigenvalue weighted by atomic mass is 16.5. The van der Waals surface area contributed by atoms with Gasteiger partial charge in [-0.1, -0.05) is 5.16 Å². The molecule has 1 saturated heterocycles. The maximum absolute atomic E-state index is 12.8. The number of benzene rings is 1. The van der Waals surface area contributed by atoms with Crippen molar-refractivity contribution in [1.82, 2.24) is 10.1 Å². The van der Waals surface area contributed by atoms with Crippen LogP contribution in [0.1, 0.15) is 41.8 Å². The molecule has 1 N–H and O–H groups in total. The number of carbonyl (C=O) groups excluding carboxylic acids is 1. The summed E-state index contributed by atoms with van der Waals surface area (Å²) < 4.78 is 10.9. The van der Waals surface area contributed by atoms with Crippen LogP contribution in [0.5, 0.6) is 5.75 Å². The van der Waals surface area contributed by atoms with Crippen molar-refractivity contribution in [2.75, 3.05) is 19.8 Å². The van der Waals surface area contributed by atoms with Gasteiger partial charge >= 0.3 is 0 Å². The van der Waals surface area contributed by atoms with E-state index in [0.29, 0.717) is 25.3 Å². The molecule has 1 aromatic carbocycles. The maximum Gasteiger partial charge on any atom is 0.292 e. The molecule has 4 rings (SSSR count). The average Bonchev–Trinajstić information content (AvgIpc) is 3.30. The second kappa shape index (κ2) is 6.88. The Labute approximate surface area is 146 Å². The van der Waals surface area contributed by atoms with E-state index in [1.807, 2.05) is 23.1 Å². The van der Waals surface area contributed by atoms with E-state index in [2.05, 4.69) is 5.16 Å². The summed E-state index contributed by atoms with van der Waals surface area (Å²) >= 11 is 0. The number of hydrogen-bond donors (Lipinski definition) is 1. The first kappa shape index (κ1) is 16.1. The van der Waals surface area contributed by atoms with E-state index >= 15 is 0 Å². The Balaban J connectivity index is 1.55. The summed E-state index contributed by atoms with van der Waals surface area (Å²) in [6.45, 7) is 1.51. The molecule has 2 aromatic rings. The van der Waals surface area contributed by atoms with Crippen molar-refractivity contribution >= 4 is 5.91 Å². The van der Waals surface area contributed by atoms with Crippen molar-refractivity contribution < 1.29 is 19.2 Å². The number of amides is 1. The number of aromatic nitrogens is 1. The van der Waals surface area contributed by atoms with Gasteiger partial charge in [-0.3, -0.25) is 4.79 Å². The van der Waals surface area contributed by atoms with Crippen LogP contribution in [0.3, 0.4) is 0 Å². The fraction of sp³-hybridized carbons (Fsp3) is 0.474. The van der Waals surface area contributed by atoms with Gasteiger partial charge in [0, 0.05) is 37.2 Å². The van der Waals surface area contributed by atoms with Crippen molar-refractivity contribution in [2.24, 2.45) is 0 Å². The molecule has 132 valence electrons. The van der Waals surface area contributed by atoms with Gasteiger partial charge in [-0.15, -0.1) is 0 Å². The van der Waals surface area contributed by atoms with Crippen LogP contribution in [0.4, 0.5) is 0 Å². The van der Waals surface area contributed by atoms with Crippen LogP contribution < -0.4 is 4.74 Å². The SMILES string of the molecule is O=C(c1cc(-c2ccc3c(c2)CCO3)no1)N1CCCCC1CCO. The van der Waals surface area contributed by atoms with Gasteiger partial charge in [0.25, 0.3) is 5.91 Å². The lowest BCUT2D eigenvalue weighted by Gasteiger charge is -2.34. The van der Waals surface area contributed by atoms with Gasteiger partial charge in [0.1, 0.15) is 11.4 Å². The summed E-state index contributed by atoms with van der Waals surface area (Å²) in [5.74, 6) is 1.04. The maximum atomic E-state index is 12.8. The van der Waals surface area contributed by atoms with Crippen LogP contribution in [0.15, 0.2) is 28.8 Å². The summed E-state index contributed by atoms with van der Waals surface area (Å²) in [6, 6.07) is 7.72. The topological polar surface area (TPSA) is 75.8 Å². The number of likely N-dealkylation sites (tertiary alicyclic amines) is 1. The van der Waals surface area contributed by atoms with Gasteiger partial charge in [0.2, 0.25) is 5.76 Å². The molecule has 1 atom stereocenters. The average molecular weight is 342 g/mol. The van der Waals surface area contributed by atoms with Crippen molar-refractivity contribution in [2.45, 2.75) is 38.1 Å². The smallest absolute Gasteiger partial charge is 0.292 e. The minimum absolute atomic E-state index is 0.0805. The number of carbonyl (C=O) groups is 1. The van der Waals surface area contributed by atoms with Crippen molar-refractivity contribution in [1.29, 1.82) is 0 Å². The fourth-order valence-electron chi connectivity index (χ4n) is 3.72. The summed E-state index contributed by atoms with van der Waals surface area (Å²) in [6.07, 6.45) is 4.51. The van der Waals surface area contributed by atoms with E-state index in [0.717, 1.165) is 42.6 Å². The van der Waals surface area contributed by atoms with Crippen LogP contribution in [0.2, 0.25) is 0 Å². The molecule has 1 aromatic heterocycles. The van der Waals surface area contributed by atoms with E-state index in [1.165, 1.54) is 0 Å². The summed E-state index contributed by atoms with van der Waals surface area (Å²) in [5.41, 5.74) is 2.75. The molecular formula is C19H22N2O4. The van der Waals surface area contributed by atoms with Gasteiger partial charge < -0.3 is 19.3 Å². The molecule has 0 spiro atoms. The Morgan fingerprint density at radius 2 is 2.24 bits per heavy atom. The zero-order valence-corrected chi connectivity index (χ0v) is 14.1. The highest BCUT2D eigenvalue weighted by Crippen LogP contribution is 2.31. The molecule has 25 heavy (non-hydrogen) atoms. The molecule has 0 radical (unpaired) electrons. The normalized spacial score (nSPS) is 19.6. The quantitative estimate of drug-likeness (QED) is 0.924. The van der Waals surface area contributed by atoms with E-state index in [-0.39, 0.29) is 24.3 Å². The van der Waals surface area contributed by atoms with Crippen molar-refractivity contribution in [3.05, 3.63) is 35.6 Å². The predicted molar refractivity (Wildman–Crippen MR) is 91.5 cm³/mol. The first-order valence-electron chi connectivity index (χ1n) is 8.91. The van der Waals surface area contributed by atoms with Gasteiger partial charge in [-0.25, -0.2) is 0 Å². The molecule has 6 nitrogen and oxygen atoms in total. The molecule has 0 bridgehead atoms. The molecule has 0 aliphatic carbocycles. The molecule has 2 aliphatic rings. The monoisotopic (exact) mass is 342 g/mol.